The monoisotopic (exact) mass is 437 g/mol. The van der Waals surface area contributed by atoms with Crippen molar-refractivity contribution in [1.29, 1.82) is 0 Å². The van der Waals surface area contributed by atoms with Crippen molar-refractivity contribution in [2.45, 2.75) is 26.2 Å². The van der Waals surface area contributed by atoms with Crippen LogP contribution in [0, 0.1) is 0 Å². The molecule has 0 bridgehead atoms. The van der Waals surface area contributed by atoms with E-state index in [1.807, 2.05) is 37.1 Å². The third-order valence-electron chi connectivity index (χ3n) is 4.99. The normalized spacial score (nSPS) is 13.4. The van der Waals surface area contributed by atoms with Crippen molar-refractivity contribution in [1.82, 2.24) is 4.98 Å². The number of hydrogen-bond donors (Lipinski definition) is 3. The summed E-state index contributed by atoms with van der Waals surface area (Å²) in [6.45, 7) is 2.57. The fourth-order valence-electron chi connectivity index (χ4n) is 3.38. The molecular weight excluding hydrogens is 414 g/mol. The van der Waals surface area contributed by atoms with Crippen LogP contribution in [0.15, 0.2) is 36.4 Å². The number of amides is 3. The average Bonchev–Trinajstić information content (AvgIpc) is 3.06. The number of aromatic nitrogens is 1. The molecule has 0 radical (unpaired) electrons. The van der Waals surface area contributed by atoms with Crippen molar-refractivity contribution < 1.29 is 14.4 Å². The Hall–Kier alpha value is -3.46. The van der Waals surface area contributed by atoms with Crippen molar-refractivity contribution in [3.8, 4) is 0 Å². The standard InChI is InChI=1S/C22H23N5O3S/c1-3-4-19(28)26-22-25-15-7-6-14(12-18(15)31-22)23-21(30)13-5-8-17-16(11-13)24-20(29)9-10-27(17)2/h5-8,11-12H,3-4,9-10H2,1-2H3,(H,23,30)(H,24,29)(H,25,26,28). The zero-order chi connectivity index (χ0) is 22.0. The molecule has 3 aromatic rings. The Labute approximate surface area is 183 Å². The van der Waals surface area contributed by atoms with Gasteiger partial charge in [-0.25, -0.2) is 4.98 Å². The molecule has 0 unspecified atom stereocenters. The van der Waals surface area contributed by atoms with Gasteiger partial charge in [0.05, 0.1) is 21.6 Å². The van der Waals surface area contributed by atoms with E-state index in [-0.39, 0.29) is 17.7 Å². The van der Waals surface area contributed by atoms with Gasteiger partial charge in [-0.1, -0.05) is 18.3 Å². The summed E-state index contributed by atoms with van der Waals surface area (Å²) in [5, 5.41) is 9.10. The van der Waals surface area contributed by atoms with E-state index in [0.29, 0.717) is 41.5 Å². The minimum atomic E-state index is -0.274. The number of hydrogen-bond acceptors (Lipinski definition) is 6. The van der Waals surface area contributed by atoms with Gasteiger partial charge in [0, 0.05) is 37.7 Å². The van der Waals surface area contributed by atoms with Crippen molar-refractivity contribution in [2.24, 2.45) is 0 Å². The molecule has 0 atom stereocenters. The van der Waals surface area contributed by atoms with E-state index in [0.717, 1.165) is 22.3 Å². The molecule has 0 saturated heterocycles. The highest BCUT2D eigenvalue weighted by molar-refractivity contribution is 7.22. The zero-order valence-electron chi connectivity index (χ0n) is 17.3. The molecule has 9 heteroatoms. The number of thiazole rings is 1. The first-order valence-corrected chi connectivity index (χ1v) is 10.9. The van der Waals surface area contributed by atoms with Gasteiger partial charge in [0.25, 0.3) is 5.91 Å². The molecule has 2 heterocycles. The van der Waals surface area contributed by atoms with Gasteiger partial charge in [0.15, 0.2) is 5.13 Å². The number of nitrogens with one attached hydrogen (secondary N) is 3. The van der Waals surface area contributed by atoms with Gasteiger partial charge in [-0.05, 0) is 42.8 Å². The maximum atomic E-state index is 12.8. The van der Waals surface area contributed by atoms with Crippen molar-refractivity contribution >= 4 is 61.5 Å². The molecule has 1 aliphatic rings. The minimum absolute atomic E-state index is 0.0592. The average molecular weight is 438 g/mol. The molecule has 0 saturated carbocycles. The second kappa shape index (κ2) is 8.73. The fourth-order valence-corrected chi connectivity index (χ4v) is 4.30. The second-order valence-corrected chi connectivity index (χ2v) is 8.44. The van der Waals surface area contributed by atoms with Gasteiger partial charge in [-0.2, -0.15) is 0 Å². The van der Waals surface area contributed by atoms with Crippen LogP contribution in [0.25, 0.3) is 10.2 Å². The third-order valence-corrected chi connectivity index (χ3v) is 5.92. The molecule has 0 aliphatic carbocycles. The van der Waals surface area contributed by atoms with Crippen LogP contribution in [-0.4, -0.2) is 36.3 Å². The first-order valence-electron chi connectivity index (χ1n) is 10.1. The van der Waals surface area contributed by atoms with Gasteiger partial charge in [-0.15, -0.1) is 0 Å². The Balaban J connectivity index is 1.52. The predicted molar refractivity (Wildman–Crippen MR) is 124 cm³/mol. The van der Waals surface area contributed by atoms with Crippen LogP contribution in [0.1, 0.15) is 36.5 Å². The van der Waals surface area contributed by atoms with E-state index in [4.69, 9.17) is 0 Å². The first kappa shape index (κ1) is 20.8. The summed E-state index contributed by atoms with van der Waals surface area (Å²) in [5.41, 5.74) is 3.34. The number of carbonyl (C=O) groups is 3. The van der Waals surface area contributed by atoms with Crippen molar-refractivity contribution in [3.05, 3.63) is 42.0 Å². The topological polar surface area (TPSA) is 103 Å². The molecule has 160 valence electrons. The van der Waals surface area contributed by atoms with Crippen LogP contribution < -0.4 is 20.9 Å². The Bertz CT molecular complexity index is 1170. The summed E-state index contributed by atoms with van der Waals surface area (Å²) in [6, 6.07) is 10.7. The number of nitrogens with zero attached hydrogens (tertiary/aromatic N) is 2. The maximum Gasteiger partial charge on any atom is 0.255 e. The summed E-state index contributed by atoms with van der Waals surface area (Å²) >= 11 is 1.36. The second-order valence-electron chi connectivity index (χ2n) is 7.41. The van der Waals surface area contributed by atoms with E-state index in [2.05, 4.69) is 20.9 Å². The molecule has 2 aromatic carbocycles. The summed E-state index contributed by atoms with van der Waals surface area (Å²) in [5.74, 6) is -0.402. The highest BCUT2D eigenvalue weighted by Gasteiger charge is 2.18. The van der Waals surface area contributed by atoms with Crippen molar-refractivity contribution in [3.63, 3.8) is 0 Å². The smallest absolute Gasteiger partial charge is 0.255 e. The summed E-state index contributed by atoms with van der Waals surface area (Å²) < 4.78 is 0.861. The molecule has 31 heavy (non-hydrogen) atoms. The molecule has 1 aromatic heterocycles. The quantitative estimate of drug-likeness (QED) is 0.558. The molecule has 0 spiro atoms. The van der Waals surface area contributed by atoms with Crippen LogP contribution in [0.4, 0.5) is 22.2 Å². The molecule has 4 rings (SSSR count). The predicted octanol–water partition coefficient (Wildman–Crippen LogP) is 4.07. The van der Waals surface area contributed by atoms with Gasteiger partial charge >= 0.3 is 0 Å². The first-order chi connectivity index (χ1) is 14.9. The number of anilines is 4. The molecular formula is C22H23N5O3S. The lowest BCUT2D eigenvalue weighted by molar-refractivity contribution is -0.116. The Kier molecular flexibility index (Phi) is 5.85. The Morgan fingerprint density at radius 1 is 1.19 bits per heavy atom. The van der Waals surface area contributed by atoms with Gasteiger partial charge in [-0.3, -0.25) is 14.4 Å². The lowest BCUT2D eigenvalue weighted by Gasteiger charge is -2.18. The van der Waals surface area contributed by atoms with Crippen LogP contribution in [0.2, 0.25) is 0 Å². The molecule has 0 fully saturated rings. The van der Waals surface area contributed by atoms with Crippen LogP contribution in [0.3, 0.4) is 0 Å². The summed E-state index contributed by atoms with van der Waals surface area (Å²) in [6.07, 6.45) is 1.63. The van der Waals surface area contributed by atoms with Crippen molar-refractivity contribution in [2.75, 3.05) is 34.4 Å². The number of benzene rings is 2. The largest absolute Gasteiger partial charge is 0.372 e. The Morgan fingerprint density at radius 2 is 2.03 bits per heavy atom. The van der Waals surface area contributed by atoms with E-state index in [1.54, 1.807) is 18.2 Å². The lowest BCUT2D eigenvalue weighted by Crippen LogP contribution is -2.18. The number of carbonyl (C=O) groups excluding carboxylic acids is 3. The lowest BCUT2D eigenvalue weighted by atomic mass is 10.1. The third kappa shape index (κ3) is 4.66. The van der Waals surface area contributed by atoms with Crippen LogP contribution in [-0.2, 0) is 9.59 Å². The Morgan fingerprint density at radius 3 is 2.84 bits per heavy atom. The van der Waals surface area contributed by atoms with Crippen LogP contribution in [0.5, 0.6) is 0 Å². The minimum Gasteiger partial charge on any atom is -0.372 e. The molecule has 8 nitrogen and oxygen atoms in total. The highest BCUT2D eigenvalue weighted by Crippen LogP contribution is 2.31. The highest BCUT2D eigenvalue weighted by atomic mass is 32.1. The van der Waals surface area contributed by atoms with E-state index in [9.17, 15) is 14.4 Å². The summed E-state index contributed by atoms with van der Waals surface area (Å²) in [4.78, 5) is 42.9. The summed E-state index contributed by atoms with van der Waals surface area (Å²) in [7, 11) is 1.92. The van der Waals surface area contributed by atoms with E-state index < -0.39 is 0 Å². The van der Waals surface area contributed by atoms with E-state index in [1.165, 1.54) is 11.3 Å². The van der Waals surface area contributed by atoms with Gasteiger partial charge in [0.1, 0.15) is 0 Å². The molecule has 1 aliphatic heterocycles. The van der Waals surface area contributed by atoms with Gasteiger partial charge < -0.3 is 20.9 Å². The fraction of sp³-hybridized carbons (Fsp3) is 0.273. The molecule has 3 N–H and O–H groups in total. The molecule has 3 amide bonds. The van der Waals surface area contributed by atoms with Gasteiger partial charge in [0.2, 0.25) is 11.8 Å². The number of fused-ring (bicyclic) bond motifs is 2. The van der Waals surface area contributed by atoms with E-state index >= 15 is 0 Å². The maximum absolute atomic E-state index is 12.8. The SMILES string of the molecule is CCCC(=O)Nc1nc2ccc(NC(=O)c3ccc4c(c3)NC(=O)CCN4C)cc2s1. The van der Waals surface area contributed by atoms with Crippen LogP contribution >= 0.6 is 11.3 Å². The zero-order valence-corrected chi connectivity index (χ0v) is 18.1. The number of rotatable bonds is 5.